The topological polar surface area (TPSA) is 64.0 Å². The Hall–Kier alpha value is -2.90. The molecule has 0 saturated carbocycles. The first-order valence-electron chi connectivity index (χ1n) is 10.3. The van der Waals surface area contributed by atoms with Crippen molar-refractivity contribution in [3.63, 3.8) is 0 Å². The van der Waals surface area contributed by atoms with Gasteiger partial charge < -0.3 is 5.32 Å². The van der Waals surface area contributed by atoms with Crippen LogP contribution in [0.25, 0.3) is 15.9 Å². The molecule has 0 aliphatic rings. The third-order valence-electron chi connectivity index (χ3n) is 5.46. The van der Waals surface area contributed by atoms with Crippen LogP contribution in [-0.2, 0) is 4.79 Å². The molecule has 0 aliphatic heterocycles. The summed E-state index contributed by atoms with van der Waals surface area (Å²) in [4.78, 5) is 32.8. The number of para-hydroxylation sites is 1. The van der Waals surface area contributed by atoms with Gasteiger partial charge in [-0.3, -0.25) is 14.2 Å². The summed E-state index contributed by atoms with van der Waals surface area (Å²) in [5.74, 6) is 0.0264. The van der Waals surface area contributed by atoms with Gasteiger partial charge in [0, 0.05) is 10.6 Å². The molecule has 2 aromatic carbocycles. The second kappa shape index (κ2) is 8.92. The highest BCUT2D eigenvalue weighted by atomic mass is 32.2. The molecule has 0 atom stereocenters. The zero-order chi connectivity index (χ0) is 23.0. The van der Waals surface area contributed by atoms with Crippen molar-refractivity contribution in [2.24, 2.45) is 0 Å². The lowest BCUT2D eigenvalue weighted by atomic mass is 10.1. The Labute approximate surface area is 195 Å². The highest BCUT2D eigenvalue weighted by molar-refractivity contribution is 7.99. The molecule has 5 nitrogen and oxygen atoms in total. The molecule has 4 rings (SSSR count). The van der Waals surface area contributed by atoms with E-state index in [2.05, 4.69) is 17.4 Å². The number of thioether (sulfide) groups is 1. The van der Waals surface area contributed by atoms with Crippen LogP contribution in [0.2, 0.25) is 0 Å². The van der Waals surface area contributed by atoms with E-state index in [0.29, 0.717) is 15.4 Å². The molecule has 0 radical (unpaired) electrons. The zero-order valence-electron chi connectivity index (χ0n) is 18.8. The van der Waals surface area contributed by atoms with Gasteiger partial charge in [-0.05, 0) is 63.4 Å². The minimum atomic E-state index is -0.127. The average molecular weight is 464 g/mol. The molecular weight excluding hydrogens is 438 g/mol. The monoisotopic (exact) mass is 463 g/mol. The maximum Gasteiger partial charge on any atom is 0.267 e. The lowest BCUT2D eigenvalue weighted by molar-refractivity contribution is -0.113. The van der Waals surface area contributed by atoms with Crippen molar-refractivity contribution < 1.29 is 4.79 Å². The Balaban J connectivity index is 1.68. The fourth-order valence-electron chi connectivity index (χ4n) is 3.86. The number of hydrogen-bond acceptors (Lipinski definition) is 5. The summed E-state index contributed by atoms with van der Waals surface area (Å²) in [5, 5.41) is 4.19. The van der Waals surface area contributed by atoms with Crippen LogP contribution in [0.5, 0.6) is 0 Å². The Bertz CT molecular complexity index is 1370. The molecule has 0 aliphatic carbocycles. The molecule has 7 heteroatoms. The molecule has 2 heterocycles. The minimum absolute atomic E-state index is 0.101. The molecule has 4 aromatic rings. The van der Waals surface area contributed by atoms with Gasteiger partial charge in [0.15, 0.2) is 5.16 Å². The second-order valence-electron chi connectivity index (χ2n) is 7.94. The first-order valence-corrected chi connectivity index (χ1v) is 12.1. The quantitative estimate of drug-likeness (QED) is 0.304. The van der Waals surface area contributed by atoms with Gasteiger partial charge in [-0.25, -0.2) is 4.98 Å². The number of carbonyl (C=O) groups is 1. The Morgan fingerprint density at radius 2 is 1.72 bits per heavy atom. The van der Waals surface area contributed by atoms with Crippen LogP contribution in [0, 0.1) is 34.6 Å². The molecule has 1 N–H and O–H groups in total. The third-order valence-corrected chi connectivity index (χ3v) is 7.50. The van der Waals surface area contributed by atoms with E-state index in [1.807, 2.05) is 65.0 Å². The molecule has 2 aromatic heterocycles. The van der Waals surface area contributed by atoms with Crippen molar-refractivity contribution in [3.8, 4) is 5.69 Å². The maximum absolute atomic E-state index is 13.5. The van der Waals surface area contributed by atoms with Crippen LogP contribution < -0.4 is 10.9 Å². The molecule has 0 unspecified atom stereocenters. The standard InChI is InChI=1S/C25H25N3O2S2/c1-14-11-15(2)22(16(3)12-14)26-20(29)13-31-25-27-23-21(17(4)18(5)32-23)24(30)28(25)19-9-7-6-8-10-19/h6-12H,13H2,1-5H3,(H,26,29). The fourth-order valence-corrected chi connectivity index (χ4v) is 5.74. The largest absolute Gasteiger partial charge is 0.325 e. The van der Waals surface area contributed by atoms with Crippen molar-refractivity contribution in [1.29, 1.82) is 0 Å². The molecule has 164 valence electrons. The highest BCUT2D eigenvalue weighted by Crippen LogP contribution is 2.30. The molecule has 32 heavy (non-hydrogen) atoms. The number of aryl methyl sites for hydroxylation is 5. The molecule has 1 amide bonds. The van der Waals surface area contributed by atoms with Gasteiger partial charge in [-0.2, -0.15) is 0 Å². The van der Waals surface area contributed by atoms with E-state index in [0.717, 1.165) is 32.9 Å². The second-order valence-corrected chi connectivity index (χ2v) is 10.1. The number of benzene rings is 2. The molecule has 0 spiro atoms. The van der Waals surface area contributed by atoms with Crippen LogP contribution in [-0.4, -0.2) is 21.2 Å². The van der Waals surface area contributed by atoms with Crippen molar-refractivity contribution >= 4 is 44.9 Å². The Morgan fingerprint density at radius 1 is 1.06 bits per heavy atom. The van der Waals surface area contributed by atoms with E-state index in [-0.39, 0.29) is 17.2 Å². The highest BCUT2D eigenvalue weighted by Gasteiger charge is 2.19. The Kier molecular flexibility index (Phi) is 6.22. The van der Waals surface area contributed by atoms with Crippen LogP contribution in [0.3, 0.4) is 0 Å². The number of carbonyl (C=O) groups excluding carboxylic acids is 1. The number of fused-ring (bicyclic) bond motifs is 1. The predicted molar refractivity (Wildman–Crippen MR) is 135 cm³/mol. The molecule has 0 saturated heterocycles. The van der Waals surface area contributed by atoms with Gasteiger partial charge >= 0.3 is 0 Å². The minimum Gasteiger partial charge on any atom is -0.325 e. The summed E-state index contributed by atoms with van der Waals surface area (Å²) in [6, 6.07) is 13.6. The Morgan fingerprint density at radius 3 is 2.38 bits per heavy atom. The molecule has 0 bridgehead atoms. The van der Waals surface area contributed by atoms with Crippen molar-refractivity contribution in [2.45, 2.75) is 39.8 Å². The SMILES string of the molecule is Cc1cc(C)c(NC(=O)CSc2nc3sc(C)c(C)c3c(=O)n2-c2ccccc2)c(C)c1. The van der Waals surface area contributed by atoms with E-state index in [9.17, 15) is 9.59 Å². The van der Waals surface area contributed by atoms with Crippen molar-refractivity contribution in [3.05, 3.63) is 79.9 Å². The van der Waals surface area contributed by atoms with Gasteiger partial charge in [-0.15, -0.1) is 11.3 Å². The zero-order valence-corrected chi connectivity index (χ0v) is 20.4. The summed E-state index contributed by atoms with van der Waals surface area (Å²) in [6.45, 7) is 9.99. The number of hydrogen-bond donors (Lipinski definition) is 1. The van der Waals surface area contributed by atoms with Crippen LogP contribution in [0.15, 0.2) is 52.4 Å². The summed E-state index contributed by atoms with van der Waals surface area (Å²) in [5.41, 5.74) is 5.68. The van der Waals surface area contributed by atoms with Crippen LogP contribution >= 0.6 is 23.1 Å². The number of aromatic nitrogens is 2. The number of rotatable bonds is 5. The summed E-state index contributed by atoms with van der Waals surface area (Å²) >= 11 is 2.79. The number of nitrogens with one attached hydrogen (secondary N) is 1. The van der Waals surface area contributed by atoms with Crippen LogP contribution in [0.1, 0.15) is 27.1 Å². The summed E-state index contributed by atoms with van der Waals surface area (Å²) in [7, 11) is 0. The fraction of sp³-hybridized carbons (Fsp3) is 0.240. The summed E-state index contributed by atoms with van der Waals surface area (Å²) in [6.07, 6.45) is 0. The summed E-state index contributed by atoms with van der Waals surface area (Å²) < 4.78 is 1.61. The number of nitrogens with zero attached hydrogens (tertiary/aromatic N) is 2. The van der Waals surface area contributed by atoms with E-state index < -0.39 is 0 Å². The number of thiophene rings is 1. The van der Waals surface area contributed by atoms with E-state index in [1.165, 1.54) is 28.7 Å². The smallest absolute Gasteiger partial charge is 0.267 e. The van der Waals surface area contributed by atoms with E-state index in [1.54, 1.807) is 4.57 Å². The molecular formula is C25H25N3O2S2. The van der Waals surface area contributed by atoms with E-state index >= 15 is 0 Å². The van der Waals surface area contributed by atoms with Gasteiger partial charge in [-0.1, -0.05) is 47.7 Å². The lowest BCUT2D eigenvalue weighted by Crippen LogP contribution is -2.23. The first kappa shape index (κ1) is 22.3. The first-order chi connectivity index (χ1) is 15.3. The average Bonchev–Trinajstić information content (AvgIpc) is 3.03. The van der Waals surface area contributed by atoms with Crippen molar-refractivity contribution in [1.82, 2.24) is 9.55 Å². The van der Waals surface area contributed by atoms with Gasteiger partial charge in [0.05, 0.1) is 16.8 Å². The van der Waals surface area contributed by atoms with Crippen LogP contribution in [0.4, 0.5) is 5.69 Å². The van der Waals surface area contributed by atoms with E-state index in [4.69, 9.17) is 4.98 Å². The molecule has 0 fully saturated rings. The normalized spacial score (nSPS) is 11.2. The van der Waals surface area contributed by atoms with Gasteiger partial charge in [0.2, 0.25) is 5.91 Å². The van der Waals surface area contributed by atoms with Gasteiger partial charge in [0.25, 0.3) is 5.56 Å². The predicted octanol–water partition coefficient (Wildman–Crippen LogP) is 5.72. The maximum atomic E-state index is 13.5. The third kappa shape index (κ3) is 4.23. The van der Waals surface area contributed by atoms with Crippen molar-refractivity contribution in [2.75, 3.05) is 11.1 Å². The van der Waals surface area contributed by atoms with Gasteiger partial charge in [0.1, 0.15) is 4.83 Å². The number of amides is 1. The number of anilines is 1. The lowest BCUT2D eigenvalue weighted by Gasteiger charge is -2.14.